The Hall–Kier alpha value is -3.87. The lowest BCUT2D eigenvalue weighted by molar-refractivity contribution is 0.0937. The molecule has 1 aromatic carbocycles. The second-order valence-corrected chi connectivity index (χ2v) is 6.81. The third-order valence-corrected chi connectivity index (χ3v) is 4.94. The molecule has 0 saturated carbocycles. The van der Waals surface area contributed by atoms with Gasteiger partial charge in [0.2, 0.25) is 0 Å². The number of nitrogens with zero attached hydrogens (tertiary/aromatic N) is 4. The summed E-state index contributed by atoms with van der Waals surface area (Å²) in [5.74, 6) is -0.565. The molecule has 0 aliphatic carbocycles. The Kier molecular flexibility index (Phi) is 5.34. The number of fused-ring (bicyclic) bond motifs is 1. The summed E-state index contributed by atoms with van der Waals surface area (Å²) in [5.41, 5.74) is 3.49. The summed E-state index contributed by atoms with van der Waals surface area (Å²) in [6, 6.07) is 9.60. The largest absolute Gasteiger partial charge is 0.345 e. The van der Waals surface area contributed by atoms with Crippen LogP contribution in [-0.2, 0) is 0 Å². The van der Waals surface area contributed by atoms with Gasteiger partial charge in [-0.3, -0.25) is 14.8 Å². The fourth-order valence-corrected chi connectivity index (χ4v) is 3.36. The summed E-state index contributed by atoms with van der Waals surface area (Å²) in [7, 11) is 0. The Morgan fingerprint density at radius 3 is 2.77 bits per heavy atom. The van der Waals surface area contributed by atoms with Crippen molar-refractivity contribution in [3.8, 4) is 5.69 Å². The van der Waals surface area contributed by atoms with Crippen LogP contribution in [0.15, 0.2) is 67.8 Å². The minimum absolute atomic E-state index is 0.179. The van der Waals surface area contributed by atoms with E-state index in [-0.39, 0.29) is 17.8 Å². The van der Waals surface area contributed by atoms with Crippen LogP contribution in [0.3, 0.4) is 0 Å². The molecular formula is C23H20FN5O. The van der Waals surface area contributed by atoms with Gasteiger partial charge in [-0.1, -0.05) is 13.5 Å². The molecule has 1 amide bonds. The third kappa shape index (κ3) is 3.69. The molecule has 3 heterocycles. The monoisotopic (exact) mass is 401 g/mol. The Bertz CT molecular complexity index is 1220. The van der Waals surface area contributed by atoms with Gasteiger partial charge in [0.1, 0.15) is 5.82 Å². The van der Waals surface area contributed by atoms with Crippen molar-refractivity contribution in [3.63, 3.8) is 0 Å². The summed E-state index contributed by atoms with van der Waals surface area (Å²) in [4.78, 5) is 21.5. The first-order valence-corrected chi connectivity index (χ1v) is 9.57. The molecular weight excluding hydrogens is 381 g/mol. The number of hydrogen-bond donors (Lipinski definition) is 1. The van der Waals surface area contributed by atoms with Crippen LogP contribution in [0.25, 0.3) is 22.7 Å². The predicted octanol–water partition coefficient (Wildman–Crippen LogP) is 4.48. The molecule has 6 nitrogen and oxygen atoms in total. The zero-order valence-corrected chi connectivity index (χ0v) is 16.4. The minimum Gasteiger partial charge on any atom is -0.345 e. The van der Waals surface area contributed by atoms with Crippen molar-refractivity contribution in [3.05, 3.63) is 90.4 Å². The quantitative estimate of drug-likeness (QED) is 0.517. The first-order chi connectivity index (χ1) is 14.6. The summed E-state index contributed by atoms with van der Waals surface area (Å²) in [5, 5.41) is 8.11. The van der Waals surface area contributed by atoms with E-state index in [2.05, 4.69) is 27.0 Å². The van der Waals surface area contributed by atoms with Gasteiger partial charge in [-0.15, -0.1) is 0 Å². The highest BCUT2D eigenvalue weighted by molar-refractivity contribution is 6.06. The zero-order valence-electron chi connectivity index (χ0n) is 16.4. The van der Waals surface area contributed by atoms with E-state index >= 15 is 0 Å². The van der Waals surface area contributed by atoms with Gasteiger partial charge < -0.3 is 5.32 Å². The van der Waals surface area contributed by atoms with E-state index in [1.165, 1.54) is 18.3 Å². The summed E-state index contributed by atoms with van der Waals surface area (Å²) >= 11 is 0. The smallest absolute Gasteiger partial charge is 0.254 e. The second kappa shape index (κ2) is 8.24. The number of hydrogen-bond acceptors (Lipinski definition) is 4. The number of aromatic nitrogens is 4. The van der Waals surface area contributed by atoms with Gasteiger partial charge in [-0.2, -0.15) is 5.10 Å². The zero-order chi connectivity index (χ0) is 21.1. The molecule has 4 aromatic rings. The second-order valence-electron chi connectivity index (χ2n) is 6.81. The Morgan fingerprint density at radius 1 is 1.23 bits per heavy atom. The molecule has 1 unspecified atom stereocenters. The Labute approximate surface area is 173 Å². The van der Waals surface area contributed by atoms with E-state index < -0.39 is 0 Å². The minimum atomic E-state index is -0.324. The molecule has 4 rings (SSSR count). The van der Waals surface area contributed by atoms with Gasteiger partial charge in [0.05, 0.1) is 40.9 Å². The third-order valence-electron chi connectivity index (χ3n) is 4.94. The van der Waals surface area contributed by atoms with E-state index in [0.717, 1.165) is 11.3 Å². The maximum absolute atomic E-state index is 13.3. The lowest BCUT2D eigenvalue weighted by Crippen LogP contribution is -2.28. The van der Waals surface area contributed by atoms with Crippen LogP contribution in [-0.4, -0.2) is 25.7 Å². The van der Waals surface area contributed by atoms with E-state index in [9.17, 15) is 9.18 Å². The lowest BCUT2D eigenvalue weighted by atomic mass is 10.0. The number of amides is 1. The maximum atomic E-state index is 13.3. The van der Waals surface area contributed by atoms with E-state index in [1.807, 2.05) is 19.1 Å². The van der Waals surface area contributed by atoms with Crippen LogP contribution in [0, 0.1) is 5.82 Å². The number of pyridine rings is 2. The number of nitrogens with one attached hydrogen (secondary N) is 1. The number of benzene rings is 1. The highest BCUT2D eigenvalue weighted by atomic mass is 19.1. The van der Waals surface area contributed by atoms with Crippen LogP contribution in [0.4, 0.5) is 4.39 Å². The number of carbonyl (C=O) groups is 1. The Morgan fingerprint density at radius 2 is 2.03 bits per heavy atom. The molecule has 7 heteroatoms. The first-order valence-electron chi connectivity index (χ1n) is 9.57. The van der Waals surface area contributed by atoms with Gasteiger partial charge in [0, 0.05) is 17.8 Å². The number of halogens is 1. The molecule has 30 heavy (non-hydrogen) atoms. The van der Waals surface area contributed by atoms with Crippen molar-refractivity contribution in [2.75, 3.05) is 0 Å². The van der Waals surface area contributed by atoms with Gasteiger partial charge in [-0.25, -0.2) is 9.07 Å². The maximum Gasteiger partial charge on any atom is 0.254 e. The highest BCUT2D eigenvalue weighted by Gasteiger charge is 2.19. The van der Waals surface area contributed by atoms with Gasteiger partial charge in [0.25, 0.3) is 5.91 Å². The van der Waals surface area contributed by atoms with Crippen LogP contribution >= 0.6 is 0 Å². The molecule has 0 radical (unpaired) electrons. The molecule has 0 bridgehead atoms. The topological polar surface area (TPSA) is 72.7 Å². The molecule has 0 saturated heterocycles. The Balaban J connectivity index is 1.66. The number of carbonyl (C=O) groups excluding carboxylic acids is 1. The normalized spacial score (nSPS) is 11.9. The van der Waals surface area contributed by atoms with Gasteiger partial charge in [-0.05, 0) is 54.5 Å². The SMILES string of the molecule is C=Cc1cc(C(CC)NC(=O)c2cncc3c2cnn3-c2ccc(F)cc2)ccn1. The molecule has 0 spiro atoms. The predicted molar refractivity (Wildman–Crippen MR) is 114 cm³/mol. The molecule has 3 aromatic heterocycles. The molecule has 0 aliphatic rings. The standard InChI is InChI=1S/C23H20FN5O/c1-3-17-11-15(9-10-26-17)21(4-2)28-23(30)20-12-25-14-22-19(20)13-27-29(22)18-7-5-16(24)6-8-18/h3,5-14,21H,1,4H2,2H3,(H,28,30). The van der Waals surface area contributed by atoms with Crippen molar-refractivity contribution in [2.45, 2.75) is 19.4 Å². The summed E-state index contributed by atoms with van der Waals surface area (Å²) in [6.45, 7) is 5.75. The van der Waals surface area contributed by atoms with Gasteiger partial charge >= 0.3 is 0 Å². The van der Waals surface area contributed by atoms with E-state index in [1.54, 1.807) is 41.5 Å². The lowest BCUT2D eigenvalue weighted by Gasteiger charge is -2.18. The molecule has 150 valence electrons. The van der Waals surface area contributed by atoms with Crippen molar-refractivity contribution in [2.24, 2.45) is 0 Å². The van der Waals surface area contributed by atoms with Crippen LogP contribution in [0.2, 0.25) is 0 Å². The molecule has 0 aliphatic heterocycles. The van der Waals surface area contributed by atoms with Crippen molar-refractivity contribution < 1.29 is 9.18 Å². The van der Waals surface area contributed by atoms with Crippen molar-refractivity contribution >= 4 is 22.9 Å². The first kappa shape index (κ1) is 19.4. The number of rotatable bonds is 6. The fourth-order valence-electron chi connectivity index (χ4n) is 3.36. The van der Waals surface area contributed by atoms with Crippen molar-refractivity contribution in [1.29, 1.82) is 0 Å². The van der Waals surface area contributed by atoms with Crippen LogP contribution < -0.4 is 5.32 Å². The molecule has 1 atom stereocenters. The molecule has 0 fully saturated rings. The van der Waals surface area contributed by atoms with Crippen LogP contribution in [0.5, 0.6) is 0 Å². The van der Waals surface area contributed by atoms with E-state index in [0.29, 0.717) is 28.6 Å². The average Bonchev–Trinajstić information content (AvgIpc) is 3.22. The molecule has 1 N–H and O–H groups in total. The van der Waals surface area contributed by atoms with Crippen LogP contribution in [0.1, 0.15) is 41.0 Å². The van der Waals surface area contributed by atoms with E-state index in [4.69, 9.17) is 0 Å². The summed E-state index contributed by atoms with van der Waals surface area (Å²) < 4.78 is 14.9. The fraction of sp³-hybridized carbons (Fsp3) is 0.130. The highest BCUT2D eigenvalue weighted by Crippen LogP contribution is 2.23. The van der Waals surface area contributed by atoms with Crippen molar-refractivity contribution in [1.82, 2.24) is 25.1 Å². The average molecular weight is 401 g/mol. The van der Waals surface area contributed by atoms with Gasteiger partial charge in [0.15, 0.2) is 0 Å². The summed E-state index contributed by atoms with van der Waals surface area (Å²) in [6.07, 6.45) is 8.88.